The van der Waals surface area contributed by atoms with Crippen molar-refractivity contribution in [1.82, 2.24) is 10.3 Å². The Labute approximate surface area is 102 Å². The number of aromatic nitrogens is 1. The molecule has 0 saturated carbocycles. The Balaban J connectivity index is 1.70. The predicted molar refractivity (Wildman–Crippen MR) is 66.2 cm³/mol. The van der Waals surface area contributed by atoms with Gasteiger partial charge in [-0.1, -0.05) is 18.2 Å². The second-order valence-electron chi connectivity index (χ2n) is 3.07. The fraction of sp³-hybridized carbons (Fsp3) is 0.0909. The SMILES string of the molecule is O=C(NCOc1ccccc1)Nc1nccs1. The van der Waals surface area contributed by atoms with E-state index in [0.717, 1.165) is 0 Å². The second-order valence-corrected chi connectivity index (χ2v) is 3.96. The highest BCUT2D eigenvalue weighted by molar-refractivity contribution is 7.13. The highest BCUT2D eigenvalue weighted by Gasteiger charge is 2.02. The molecule has 0 aliphatic rings. The third kappa shape index (κ3) is 3.76. The molecule has 0 unspecified atom stereocenters. The highest BCUT2D eigenvalue weighted by atomic mass is 32.1. The number of para-hydroxylation sites is 1. The minimum Gasteiger partial charge on any atom is -0.473 e. The van der Waals surface area contributed by atoms with Crippen LogP contribution in [-0.4, -0.2) is 17.7 Å². The van der Waals surface area contributed by atoms with Gasteiger partial charge in [0.25, 0.3) is 0 Å². The number of hydrogen-bond donors (Lipinski definition) is 2. The topological polar surface area (TPSA) is 63.2 Å². The summed E-state index contributed by atoms with van der Waals surface area (Å²) in [4.78, 5) is 15.3. The van der Waals surface area contributed by atoms with E-state index in [2.05, 4.69) is 15.6 Å². The molecule has 0 bridgehead atoms. The zero-order chi connectivity index (χ0) is 11.9. The van der Waals surface area contributed by atoms with Crippen molar-refractivity contribution in [1.29, 1.82) is 0 Å². The predicted octanol–water partition coefficient (Wildman–Crippen LogP) is 2.30. The van der Waals surface area contributed by atoms with E-state index in [1.165, 1.54) is 11.3 Å². The molecule has 17 heavy (non-hydrogen) atoms. The molecule has 1 aromatic carbocycles. The highest BCUT2D eigenvalue weighted by Crippen LogP contribution is 2.10. The molecule has 2 N–H and O–H groups in total. The summed E-state index contributed by atoms with van der Waals surface area (Å²) in [6.07, 6.45) is 1.63. The minimum atomic E-state index is -0.337. The minimum absolute atomic E-state index is 0.112. The molecular weight excluding hydrogens is 238 g/mol. The van der Waals surface area contributed by atoms with Gasteiger partial charge in [-0.25, -0.2) is 9.78 Å². The molecule has 0 atom stereocenters. The molecule has 88 valence electrons. The van der Waals surface area contributed by atoms with Crippen molar-refractivity contribution in [3.8, 4) is 5.75 Å². The Morgan fingerprint density at radius 3 is 2.88 bits per heavy atom. The van der Waals surface area contributed by atoms with E-state index in [-0.39, 0.29) is 12.8 Å². The third-order valence-electron chi connectivity index (χ3n) is 1.87. The molecule has 0 aliphatic heterocycles. The summed E-state index contributed by atoms with van der Waals surface area (Å²) in [7, 11) is 0. The summed E-state index contributed by atoms with van der Waals surface area (Å²) in [5.74, 6) is 0.710. The number of carbonyl (C=O) groups is 1. The Bertz CT molecular complexity index is 459. The largest absolute Gasteiger partial charge is 0.473 e. The summed E-state index contributed by atoms with van der Waals surface area (Å²) in [5, 5.41) is 7.49. The molecule has 0 radical (unpaired) electrons. The van der Waals surface area contributed by atoms with Crippen LogP contribution in [-0.2, 0) is 0 Å². The Morgan fingerprint density at radius 1 is 1.35 bits per heavy atom. The molecule has 2 amide bonds. The van der Waals surface area contributed by atoms with Crippen LogP contribution < -0.4 is 15.4 Å². The van der Waals surface area contributed by atoms with E-state index >= 15 is 0 Å². The first-order chi connectivity index (χ1) is 8.34. The van der Waals surface area contributed by atoms with Crippen molar-refractivity contribution in [3.63, 3.8) is 0 Å². The number of carbonyl (C=O) groups excluding carboxylic acids is 1. The molecule has 5 nitrogen and oxygen atoms in total. The standard InChI is InChI=1S/C11H11N3O2S/c15-10(14-11-12-6-7-17-11)13-8-16-9-4-2-1-3-5-9/h1-7H,8H2,(H2,12,13,14,15). The summed E-state index contributed by atoms with van der Waals surface area (Å²) >= 11 is 1.36. The first-order valence-corrected chi connectivity index (χ1v) is 5.85. The van der Waals surface area contributed by atoms with Crippen LogP contribution in [0.3, 0.4) is 0 Å². The summed E-state index contributed by atoms with van der Waals surface area (Å²) in [6, 6.07) is 8.93. The van der Waals surface area contributed by atoms with Gasteiger partial charge in [0.1, 0.15) is 5.75 Å². The Kier molecular flexibility index (Phi) is 3.93. The van der Waals surface area contributed by atoms with E-state index in [1.54, 1.807) is 11.6 Å². The number of rotatable bonds is 4. The van der Waals surface area contributed by atoms with E-state index in [0.29, 0.717) is 10.9 Å². The van der Waals surface area contributed by atoms with Gasteiger partial charge < -0.3 is 10.1 Å². The maximum absolute atomic E-state index is 11.4. The lowest BCUT2D eigenvalue weighted by atomic mass is 10.3. The van der Waals surface area contributed by atoms with Crippen molar-refractivity contribution < 1.29 is 9.53 Å². The van der Waals surface area contributed by atoms with Gasteiger partial charge in [0, 0.05) is 11.6 Å². The molecule has 0 saturated heterocycles. The van der Waals surface area contributed by atoms with Gasteiger partial charge in [-0.15, -0.1) is 11.3 Å². The van der Waals surface area contributed by atoms with Gasteiger partial charge >= 0.3 is 6.03 Å². The number of urea groups is 1. The average Bonchev–Trinajstić information content (AvgIpc) is 2.83. The second kappa shape index (κ2) is 5.86. The van der Waals surface area contributed by atoms with Crippen molar-refractivity contribution in [2.45, 2.75) is 0 Å². The van der Waals surface area contributed by atoms with E-state index in [1.807, 2.05) is 30.3 Å². The van der Waals surface area contributed by atoms with Crippen LogP contribution in [0.2, 0.25) is 0 Å². The number of thiazole rings is 1. The molecule has 1 heterocycles. The molecule has 0 aliphatic carbocycles. The average molecular weight is 249 g/mol. The molecular formula is C11H11N3O2S. The molecule has 6 heteroatoms. The molecule has 0 fully saturated rings. The zero-order valence-corrected chi connectivity index (χ0v) is 9.74. The van der Waals surface area contributed by atoms with Crippen LogP contribution >= 0.6 is 11.3 Å². The van der Waals surface area contributed by atoms with E-state index in [9.17, 15) is 4.79 Å². The lowest BCUT2D eigenvalue weighted by Gasteiger charge is -2.07. The fourth-order valence-electron chi connectivity index (χ4n) is 1.13. The van der Waals surface area contributed by atoms with Gasteiger partial charge in [0.15, 0.2) is 11.9 Å². The summed E-state index contributed by atoms with van der Waals surface area (Å²) < 4.78 is 5.31. The van der Waals surface area contributed by atoms with Crippen LogP contribution in [0.4, 0.5) is 9.93 Å². The van der Waals surface area contributed by atoms with Crippen molar-refractivity contribution >= 4 is 22.5 Å². The van der Waals surface area contributed by atoms with Crippen molar-refractivity contribution in [2.75, 3.05) is 12.0 Å². The monoisotopic (exact) mass is 249 g/mol. The number of ether oxygens (including phenoxy) is 1. The fourth-order valence-corrected chi connectivity index (χ4v) is 1.65. The first kappa shape index (κ1) is 11.4. The Hall–Kier alpha value is -2.08. The van der Waals surface area contributed by atoms with Gasteiger partial charge in [0.2, 0.25) is 0 Å². The molecule has 0 spiro atoms. The molecule has 1 aromatic heterocycles. The number of anilines is 1. The first-order valence-electron chi connectivity index (χ1n) is 4.97. The maximum Gasteiger partial charge on any atom is 0.323 e. The van der Waals surface area contributed by atoms with E-state index in [4.69, 9.17) is 4.74 Å². The molecule has 2 aromatic rings. The van der Waals surface area contributed by atoms with Gasteiger partial charge in [-0.2, -0.15) is 0 Å². The summed E-state index contributed by atoms with van der Waals surface area (Å²) in [6.45, 7) is 0.112. The number of amides is 2. The van der Waals surface area contributed by atoms with Crippen LogP contribution in [0.15, 0.2) is 41.9 Å². The van der Waals surface area contributed by atoms with Gasteiger partial charge in [-0.3, -0.25) is 5.32 Å². The van der Waals surface area contributed by atoms with Crippen LogP contribution in [0.1, 0.15) is 0 Å². The van der Waals surface area contributed by atoms with Crippen LogP contribution in [0.5, 0.6) is 5.75 Å². The van der Waals surface area contributed by atoms with Crippen LogP contribution in [0.25, 0.3) is 0 Å². The van der Waals surface area contributed by atoms with E-state index < -0.39 is 0 Å². The molecule has 2 rings (SSSR count). The number of benzene rings is 1. The number of nitrogens with one attached hydrogen (secondary N) is 2. The third-order valence-corrected chi connectivity index (χ3v) is 2.56. The number of nitrogens with zero attached hydrogens (tertiary/aromatic N) is 1. The Morgan fingerprint density at radius 2 is 2.18 bits per heavy atom. The summed E-state index contributed by atoms with van der Waals surface area (Å²) in [5.41, 5.74) is 0. The lowest BCUT2D eigenvalue weighted by Crippen LogP contribution is -2.31. The quantitative estimate of drug-likeness (QED) is 0.817. The normalized spacial score (nSPS) is 9.65. The van der Waals surface area contributed by atoms with Crippen molar-refractivity contribution in [3.05, 3.63) is 41.9 Å². The van der Waals surface area contributed by atoms with Crippen molar-refractivity contribution in [2.24, 2.45) is 0 Å². The number of hydrogen-bond acceptors (Lipinski definition) is 4. The van der Waals surface area contributed by atoms with Gasteiger partial charge in [0.05, 0.1) is 0 Å². The lowest BCUT2D eigenvalue weighted by molar-refractivity contribution is 0.234. The van der Waals surface area contributed by atoms with Crippen LogP contribution in [0, 0.1) is 0 Å². The van der Waals surface area contributed by atoms with Gasteiger partial charge in [-0.05, 0) is 12.1 Å². The maximum atomic E-state index is 11.4. The smallest absolute Gasteiger partial charge is 0.323 e. The zero-order valence-electron chi connectivity index (χ0n) is 8.92.